The SMILES string of the molecule is COc1cccc(C(O)CNC(=O)OC(C)(C)C)c1F. The number of hydrogen-bond donors (Lipinski definition) is 2. The van der Waals surface area contributed by atoms with Crippen molar-refractivity contribution in [2.45, 2.75) is 32.5 Å². The summed E-state index contributed by atoms with van der Waals surface area (Å²) in [6.45, 7) is 5.03. The first-order valence-corrected chi connectivity index (χ1v) is 6.22. The van der Waals surface area contributed by atoms with Crippen LogP contribution < -0.4 is 10.1 Å². The van der Waals surface area contributed by atoms with Crippen LogP contribution in [0.1, 0.15) is 32.4 Å². The molecule has 0 heterocycles. The van der Waals surface area contributed by atoms with Gasteiger partial charge in [-0.25, -0.2) is 9.18 Å². The van der Waals surface area contributed by atoms with Crippen molar-refractivity contribution < 1.29 is 23.8 Å². The summed E-state index contributed by atoms with van der Waals surface area (Å²) in [7, 11) is 1.34. The molecule has 1 amide bonds. The Morgan fingerprint density at radius 2 is 2.10 bits per heavy atom. The number of aliphatic hydroxyl groups is 1. The zero-order chi connectivity index (χ0) is 15.3. The maximum atomic E-state index is 13.9. The summed E-state index contributed by atoms with van der Waals surface area (Å²) < 4.78 is 23.7. The zero-order valence-electron chi connectivity index (χ0n) is 12.1. The third-order valence-corrected chi connectivity index (χ3v) is 2.41. The Bertz CT molecular complexity index is 471. The van der Waals surface area contributed by atoms with Gasteiger partial charge in [-0.05, 0) is 26.8 Å². The molecule has 0 aliphatic heterocycles. The van der Waals surface area contributed by atoms with Gasteiger partial charge in [-0.15, -0.1) is 0 Å². The number of methoxy groups -OCH3 is 1. The van der Waals surface area contributed by atoms with Crippen molar-refractivity contribution in [1.29, 1.82) is 0 Å². The summed E-state index contributed by atoms with van der Waals surface area (Å²) >= 11 is 0. The molecule has 6 heteroatoms. The van der Waals surface area contributed by atoms with Crippen molar-refractivity contribution in [3.8, 4) is 5.75 Å². The molecule has 0 bridgehead atoms. The summed E-state index contributed by atoms with van der Waals surface area (Å²) in [6, 6.07) is 4.44. The Morgan fingerprint density at radius 1 is 1.45 bits per heavy atom. The Morgan fingerprint density at radius 3 is 2.65 bits per heavy atom. The van der Waals surface area contributed by atoms with Crippen LogP contribution in [0.4, 0.5) is 9.18 Å². The van der Waals surface area contributed by atoms with Crippen LogP contribution >= 0.6 is 0 Å². The second-order valence-electron chi connectivity index (χ2n) is 5.26. The van der Waals surface area contributed by atoms with Gasteiger partial charge in [0.1, 0.15) is 5.60 Å². The van der Waals surface area contributed by atoms with Gasteiger partial charge >= 0.3 is 6.09 Å². The van der Waals surface area contributed by atoms with Crippen LogP contribution in [-0.2, 0) is 4.74 Å². The molecule has 0 aromatic heterocycles. The predicted octanol–water partition coefficient (Wildman–Crippen LogP) is 2.39. The number of benzene rings is 1. The minimum Gasteiger partial charge on any atom is -0.494 e. The number of hydrogen-bond acceptors (Lipinski definition) is 4. The average Bonchev–Trinajstić information content (AvgIpc) is 2.34. The van der Waals surface area contributed by atoms with Crippen molar-refractivity contribution in [2.75, 3.05) is 13.7 Å². The van der Waals surface area contributed by atoms with Gasteiger partial charge in [0.05, 0.1) is 19.8 Å². The number of nitrogens with one attached hydrogen (secondary N) is 1. The number of ether oxygens (including phenoxy) is 2. The minimum atomic E-state index is -1.18. The molecule has 1 unspecified atom stereocenters. The molecule has 0 fully saturated rings. The lowest BCUT2D eigenvalue weighted by atomic mass is 10.1. The van der Waals surface area contributed by atoms with Crippen LogP contribution in [0.25, 0.3) is 0 Å². The van der Waals surface area contributed by atoms with Gasteiger partial charge in [0, 0.05) is 5.56 Å². The quantitative estimate of drug-likeness (QED) is 0.891. The molecule has 1 aromatic carbocycles. The van der Waals surface area contributed by atoms with E-state index in [0.29, 0.717) is 0 Å². The largest absolute Gasteiger partial charge is 0.494 e. The van der Waals surface area contributed by atoms with E-state index >= 15 is 0 Å². The number of rotatable bonds is 4. The van der Waals surface area contributed by atoms with E-state index in [4.69, 9.17) is 9.47 Å². The topological polar surface area (TPSA) is 67.8 Å². The molecule has 1 atom stereocenters. The smallest absolute Gasteiger partial charge is 0.407 e. The molecule has 0 radical (unpaired) electrons. The van der Waals surface area contributed by atoms with Gasteiger partial charge in [0.15, 0.2) is 11.6 Å². The van der Waals surface area contributed by atoms with Crippen molar-refractivity contribution >= 4 is 6.09 Å². The lowest BCUT2D eigenvalue weighted by Crippen LogP contribution is -2.35. The van der Waals surface area contributed by atoms with Gasteiger partial charge in [0.2, 0.25) is 0 Å². The molecule has 1 aromatic rings. The predicted molar refractivity (Wildman–Crippen MR) is 72.1 cm³/mol. The number of halogens is 1. The van der Waals surface area contributed by atoms with Gasteiger partial charge < -0.3 is 19.9 Å². The monoisotopic (exact) mass is 285 g/mol. The highest BCUT2D eigenvalue weighted by atomic mass is 19.1. The Labute approximate surface area is 117 Å². The highest BCUT2D eigenvalue weighted by Gasteiger charge is 2.19. The molecule has 112 valence electrons. The molecule has 0 saturated carbocycles. The van der Waals surface area contributed by atoms with Crippen LogP contribution in [0.2, 0.25) is 0 Å². The molecule has 2 N–H and O–H groups in total. The van der Waals surface area contributed by atoms with Gasteiger partial charge in [-0.1, -0.05) is 12.1 Å². The highest BCUT2D eigenvalue weighted by molar-refractivity contribution is 5.67. The fraction of sp³-hybridized carbons (Fsp3) is 0.500. The first kappa shape index (κ1) is 16.2. The molecule has 0 aliphatic rings. The van der Waals surface area contributed by atoms with E-state index in [1.807, 2.05) is 0 Å². The Hall–Kier alpha value is -1.82. The average molecular weight is 285 g/mol. The van der Waals surface area contributed by atoms with E-state index < -0.39 is 23.6 Å². The molecule has 5 nitrogen and oxygen atoms in total. The summed E-state index contributed by atoms with van der Waals surface area (Å²) in [5.41, 5.74) is -0.573. The second-order valence-corrected chi connectivity index (χ2v) is 5.26. The lowest BCUT2D eigenvalue weighted by Gasteiger charge is -2.20. The maximum Gasteiger partial charge on any atom is 0.407 e. The molecular weight excluding hydrogens is 265 g/mol. The summed E-state index contributed by atoms with van der Waals surface area (Å²) in [5, 5.41) is 12.3. The second kappa shape index (κ2) is 6.56. The Kier molecular flexibility index (Phi) is 5.33. The fourth-order valence-corrected chi connectivity index (χ4v) is 1.55. The summed E-state index contributed by atoms with van der Waals surface area (Å²) in [5.74, 6) is -0.604. The third kappa shape index (κ3) is 4.70. The molecule has 0 spiro atoms. The van der Waals surface area contributed by atoms with Crippen LogP contribution in [0, 0.1) is 5.82 Å². The Balaban J connectivity index is 2.64. The van der Waals surface area contributed by atoms with Gasteiger partial charge in [-0.3, -0.25) is 0 Å². The van der Waals surface area contributed by atoms with E-state index in [2.05, 4.69) is 5.32 Å². The summed E-state index contributed by atoms with van der Waals surface area (Å²) in [4.78, 5) is 11.4. The number of amides is 1. The van der Waals surface area contributed by atoms with E-state index in [0.717, 1.165) is 0 Å². The third-order valence-electron chi connectivity index (χ3n) is 2.41. The molecular formula is C14H20FNO4. The highest BCUT2D eigenvalue weighted by Crippen LogP contribution is 2.24. The normalized spacial score (nSPS) is 12.7. The number of carbonyl (C=O) groups is 1. The number of aliphatic hydroxyl groups excluding tert-OH is 1. The first-order chi connectivity index (χ1) is 9.24. The van der Waals surface area contributed by atoms with Crippen LogP contribution in [0.5, 0.6) is 5.75 Å². The molecule has 0 aliphatic carbocycles. The lowest BCUT2D eigenvalue weighted by molar-refractivity contribution is 0.0490. The molecule has 0 saturated heterocycles. The number of carbonyl (C=O) groups excluding carboxylic acids is 1. The van der Waals surface area contributed by atoms with E-state index in [1.54, 1.807) is 26.8 Å². The first-order valence-electron chi connectivity index (χ1n) is 6.22. The van der Waals surface area contributed by atoms with E-state index in [1.165, 1.54) is 19.2 Å². The van der Waals surface area contributed by atoms with Gasteiger partial charge in [0.25, 0.3) is 0 Å². The summed E-state index contributed by atoms with van der Waals surface area (Å²) in [6.07, 6.45) is -1.85. The van der Waals surface area contributed by atoms with Crippen LogP contribution in [-0.4, -0.2) is 30.5 Å². The minimum absolute atomic E-state index is 0.0406. The van der Waals surface area contributed by atoms with Crippen LogP contribution in [0.15, 0.2) is 18.2 Å². The van der Waals surface area contributed by atoms with Crippen molar-refractivity contribution in [2.24, 2.45) is 0 Å². The molecule has 20 heavy (non-hydrogen) atoms. The van der Waals surface area contributed by atoms with E-state index in [-0.39, 0.29) is 17.9 Å². The van der Waals surface area contributed by atoms with Crippen molar-refractivity contribution in [3.63, 3.8) is 0 Å². The fourth-order valence-electron chi connectivity index (χ4n) is 1.55. The van der Waals surface area contributed by atoms with Crippen molar-refractivity contribution in [3.05, 3.63) is 29.6 Å². The zero-order valence-corrected chi connectivity index (χ0v) is 12.1. The van der Waals surface area contributed by atoms with Crippen molar-refractivity contribution in [1.82, 2.24) is 5.32 Å². The standard InChI is InChI=1S/C14H20FNO4/c1-14(2,3)20-13(18)16-8-10(17)9-6-5-7-11(19-4)12(9)15/h5-7,10,17H,8H2,1-4H3,(H,16,18). The maximum absolute atomic E-state index is 13.9. The number of alkyl carbamates (subject to hydrolysis) is 1. The van der Waals surface area contributed by atoms with E-state index in [9.17, 15) is 14.3 Å². The van der Waals surface area contributed by atoms with Gasteiger partial charge in [-0.2, -0.15) is 0 Å². The van der Waals surface area contributed by atoms with Crippen LogP contribution in [0.3, 0.4) is 0 Å². The molecule has 1 rings (SSSR count).